The van der Waals surface area contributed by atoms with Crippen molar-refractivity contribution in [3.8, 4) is 0 Å². The normalized spacial score (nSPS) is 20.9. The topological polar surface area (TPSA) is 66.8 Å². The number of thioether (sulfide) groups is 2. The van der Waals surface area contributed by atoms with Crippen LogP contribution in [0.25, 0.3) is 0 Å². The van der Waals surface area contributed by atoms with Gasteiger partial charge in [0.1, 0.15) is 12.6 Å². The van der Waals surface area contributed by atoms with E-state index in [-0.39, 0.29) is 12.0 Å². The molecule has 0 bridgehead atoms. The number of carbonyl (C=O) groups is 2. The molecular weight excluding hydrogens is 322 g/mol. The van der Waals surface area contributed by atoms with E-state index in [2.05, 4.69) is 0 Å². The third-order valence-electron chi connectivity index (χ3n) is 3.36. The molecule has 1 heterocycles. The average molecular weight is 341 g/mol. The van der Waals surface area contributed by atoms with Gasteiger partial charge in [0.05, 0.1) is 5.37 Å². The number of hydrogen-bond acceptors (Lipinski definition) is 5. The molecule has 1 N–H and O–H groups in total. The zero-order valence-corrected chi connectivity index (χ0v) is 13.9. The Kier molecular flexibility index (Phi) is 6.45. The van der Waals surface area contributed by atoms with Crippen LogP contribution in [0, 0.1) is 0 Å². The summed E-state index contributed by atoms with van der Waals surface area (Å²) in [5, 5.41) is 9.17. The Morgan fingerprint density at radius 1 is 1.41 bits per heavy atom. The van der Waals surface area contributed by atoms with Gasteiger partial charge in [-0.1, -0.05) is 30.3 Å². The fourth-order valence-corrected chi connectivity index (χ4v) is 4.23. The molecule has 0 spiro atoms. The van der Waals surface area contributed by atoms with Crippen molar-refractivity contribution in [2.24, 2.45) is 0 Å². The minimum atomic E-state index is -0.976. The molecule has 0 aromatic heterocycles. The highest BCUT2D eigenvalue weighted by molar-refractivity contribution is 8.00. The Bertz CT molecular complexity index is 512. The Hall–Kier alpha value is -1.34. The Morgan fingerprint density at radius 2 is 2.14 bits per heavy atom. The lowest BCUT2D eigenvalue weighted by molar-refractivity contribution is -0.141. The van der Waals surface area contributed by atoms with Crippen LogP contribution in [0.5, 0.6) is 0 Å². The van der Waals surface area contributed by atoms with Gasteiger partial charge < -0.3 is 9.84 Å². The summed E-state index contributed by atoms with van der Waals surface area (Å²) < 4.78 is 5.31. The molecular formula is C15H19NO4S2. The van der Waals surface area contributed by atoms with Crippen LogP contribution < -0.4 is 0 Å². The second-order valence-electron chi connectivity index (χ2n) is 4.87. The maximum absolute atomic E-state index is 12.3. The first-order chi connectivity index (χ1) is 10.6. The minimum absolute atomic E-state index is 0.128. The fraction of sp³-hybridized carbons (Fsp3) is 0.467. The van der Waals surface area contributed by atoms with Gasteiger partial charge in [-0.15, -0.1) is 11.8 Å². The van der Waals surface area contributed by atoms with Gasteiger partial charge in [-0.2, -0.15) is 11.8 Å². The Labute approximate surface area is 138 Å². The van der Waals surface area contributed by atoms with Gasteiger partial charge in [0.2, 0.25) is 0 Å². The summed E-state index contributed by atoms with van der Waals surface area (Å²) in [4.78, 5) is 25.1. The van der Waals surface area contributed by atoms with E-state index in [9.17, 15) is 14.7 Å². The van der Waals surface area contributed by atoms with Gasteiger partial charge in [-0.25, -0.2) is 9.59 Å². The predicted octanol–water partition coefficient (Wildman–Crippen LogP) is 2.90. The molecule has 1 saturated heterocycles. The molecule has 5 nitrogen and oxygen atoms in total. The van der Waals surface area contributed by atoms with Gasteiger partial charge in [0, 0.05) is 5.75 Å². The number of rotatable bonds is 6. The van der Waals surface area contributed by atoms with E-state index >= 15 is 0 Å². The van der Waals surface area contributed by atoms with E-state index in [4.69, 9.17) is 4.74 Å². The fourth-order valence-electron chi connectivity index (χ4n) is 2.23. The molecule has 1 fully saturated rings. The molecule has 0 saturated carbocycles. The first kappa shape index (κ1) is 17.0. The molecule has 0 radical (unpaired) electrons. The van der Waals surface area contributed by atoms with Crippen molar-refractivity contribution >= 4 is 35.6 Å². The van der Waals surface area contributed by atoms with E-state index in [1.54, 1.807) is 11.8 Å². The molecule has 2 rings (SSSR count). The monoisotopic (exact) mass is 341 g/mol. The Balaban J connectivity index is 2.00. The second-order valence-corrected chi connectivity index (χ2v) is 7.07. The molecule has 1 aliphatic rings. The van der Waals surface area contributed by atoms with Crippen molar-refractivity contribution in [1.29, 1.82) is 0 Å². The highest BCUT2D eigenvalue weighted by atomic mass is 32.2. The van der Waals surface area contributed by atoms with E-state index < -0.39 is 18.1 Å². The molecule has 7 heteroatoms. The van der Waals surface area contributed by atoms with E-state index in [0.29, 0.717) is 5.75 Å². The summed E-state index contributed by atoms with van der Waals surface area (Å²) in [7, 11) is 0. The lowest BCUT2D eigenvalue weighted by Crippen LogP contribution is -2.46. The summed E-state index contributed by atoms with van der Waals surface area (Å²) in [6.07, 6.45) is 2.20. The van der Waals surface area contributed by atoms with E-state index in [1.807, 2.05) is 36.6 Å². The largest absolute Gasteiger partial charge is 0.480 e. The predicted molar refractivity (Wildman–Crippen MR) is 89.1 cm³/mol. The van der Waals surface area contributed by atoms with Crippen molar-refractivity contribution in [3.63, 3.8) is 0 Å². The summed E-state index contributed by atoms with van der Waals surface area (Å²) in [6.45, 7) is 0.155. The van der Waals surface area contributed by atoms with Crippen LogP contribution in [0.4, 0.5) is 4.79 Å². The highest BCUT2D eigenvalue weighted by Crippen LogP contribution is 2.32. The maximum Gasteiger partial charge on any atom is 0.411 e. The van der Waals surface area contributed by atoms with Crippen molar-refractivity contribution in [3.05, 3.63) is 35.9 Å². The van der Waals surface area contributed by atoms with Crippen LogP contribution in [0.3, 0.4) is 0 Å². The number of ether oxygens (including phenoxy) is 1. The highest BCUT2D eigenvalue weighted by Gasteiger charge is 2.42. The van der Waals surface area contributed by atoms with Gasteiger partial charge >= 0.3 is 12.1 Å². The summed E-state index contributed by atoms with van der Waals surface area (Å²) in [5.41, 5.74) is 0.884. The second kappa shape index (κ2) is 8.33. The standard InChI is InChI=1S/C15H19NO4S2/c1-21-8-7-13-16(12(10-22-13)14(17)18)15(19)20-9-11-5-3-2-4-6-11/h2-6,12-13H,7-10H2,1H3,(H,17,18). The first-order valence-electron chi connectivity index (χ1n) is 6.96. The van der Waals surface area contributed by atoms with Gasteiger partial charge in [0.25, 0.3) is 0 Å². The zero-order valence-electron chi connectivity index (χ0n) is 12.3. The summed E-state index contributed by atoms with van der Waals surface area (Å²) >= 11 is 3.19. The van der Waals surface area contributed by atoms with Crippen molar-refractivity contribution in [2.75, 3.05) is 17.8 Å². The van der Waals surface area contributed by atoms with E-state index in [0.717, 1.165) is 17.7 Å². The lowest BCUT2D eigenvalue weighted by Gasteiger charge is -2.26. The molecule has 1 aliphatic heterocycles. The van der Waals surface area contributed by atoms with E-state index in [1.165, 1.54) is 16.7 Å². The van der Waals surface area contributed by atoms with Crippen molar-refractivity contribution in [2.45, 2.75) is 24.4 Å². The SMILES string of the molecule is CSCCC1SCC(C(=O)O)N1C(=O)OCc1ccccc1. The maximum atomic E-state index is 12.3. The number of carboxylic acids is 1. The lowest BCUT2D eigenvalue weighted by atomic mass is 10.2. The molecule has 120 valence electrons. The van der Waals surface area contributed by atoms with Gasteiger partial charge in [-0.3, -0.25) is 4.90 Å². The molecule has 0 aliphatic carbocycles. The third kappa shape index (κ3) is 4.33. The van der Waals surface area contributed by atoms with Crippen molar-refractivity contribution < 1.29 is 19.4 Å². The molecule has 1 aromatic rings. The number of carbonyl (C=O) groups excluding carboxylic acids is 1. The molecule has 22 heavy (non-hydrogen) atoms. The number of benzene rings is 1. The van der Waals surface area contributed by atoms with Crippen LogP contribution in [0.1, 0.15) is 12.0 Å². The number of hydrogen-bond donors (Lipinski definition) is 1. The quantitative estimate of drug-likeness (QED) is 0.858. The average Bonchev–Trinajstić information content (AvgIpc) is 2.95. The molecule has 2 atom stereocenters. The molecule has 1 aromatic carbocycles. The van der Waals surface area contributed by atoms with Gasteiger partial charge in [0.15, 0.2) is 0 Å². The van der Waals surface area contributed by atoms with Crippen LogP contribution in [-0.4, -0.2) is 51.2 Å². The van der Waals surface area contributed by atoms with Crippen molar-refractivity contribution in [1.82, 2.24) is 4.90 Å². The van der Waals surface area contributed by atoms with Crippen LogP contribution in [0.2, 0.25) is 0 Å². The summed E-state index contributed by atoms with van der Waals surface area (Å²) in [6, 6.07) is 8.56. The smallest absolute Gasteiger partial charge is 0.411 e. The molecule has 2 unspecified atom stereocenters. The summed E-state index contributed by atoms with van der Waals surface area (Å²) in [5.74, 6) is 0.317. The van der Waals surface area contributed by atoms with Crippen LogP contribution in [-0.2, 0) is 16.1 Å². The zero-order chi connectivity index (χ0) is 15.9. The van der Waals surface area contributed by atoms with Crippen LogP contribution >= 0.6 is 23.5 Å². The number of amides is 1. The third-order valence-corrected chi connectivity index (χ3v) is 5.36. The van der Waals surface area contributed by atoms with Gasteiger partial charge in [-0.05, 0) is 24.0 Å². The Morgan fingerprint density at radius 3 is 2.77 bits per heavy atom. The first-order valence-corrected chi connectivity index (χ1v) is 9.40. The number of nitrogens with zero attached hydrogens (tertiary/aromatic N) is 1. The van der Waals surface area contributed by atoms with Crippen LogP contribution in [0.15, 0.2) is 30.3 Å². The molecule has 1 amide bonds. The number of carboxylic acid groups (broad SMARTS) is 1. The number of aliphatic carboxylic acids is 1. The minimum Gasteiger partial charge on any atom is -0.480 e.